The van der Waals surface area contributed by atoms with Crippen molar-refractivity contribution >= 4 is 39.0 Å². The van der Waals surface area contributed by atoms with Crippen LogP contribution in [0.25, 0.3) is 0 Å². The number of thiophene rings is 1. The van der Waals surface area contributed by atoms with E-state index in [9.17, 15) is 18.0 Å². The molecular weight excluding hydrogens is 390 g/mol. The van der Waals surface area contributed by atoms with Gasteiger partial charge in [0.15, 0.2) is 4.21 Å². The predicted octanol–water partition coefficient (Wildman–Crippen LogP) is 3.55. The zero-order valence-corrected chi connectivity index (χ0v) is 17.3. The van der Waals surface area contributed by atoms with Crippen LogP contribution in [0.5, 0.6) is 0 Å². The van der Waals surface area contributed by atoms with Gasteiger partial charge in [-0.1, -0.05) is 26.0 Å². The van der Waals surface area contributed by atoms with Gasteiger partial charge in [0.05, 0.1) is 19.8 Å². The fourth-order valence-electron chi connectivity index (χ4n) is 2.44. The number of ether oxygens (including phenoxy) is 2. The molecule has 0 unspecified atom stereocenters. The van der Waals surface area contributed by atoms with E-state index in [4.69, 9.17) is 4.74 Å². The number of hydrogen-bond acceptors (Lipinski definition) is 7. The van der Waals surface area contributed by atoms with Crippen molar-refractivity contribution in [3.05, 3.63) is 45.8 Å². The number of carbonyl (C=O) groups is 2. The van der Waals surface area contributed by atoms with Crippen molar-refractivity contribution in [1.29, 1.82) is 0 Å². The highest BCUT2D eigenvalue weighted by atomic mass is 32.2. The van der Waals surface area contributed by atoms with Crippen LogP contribution in [0.2, 0.25) is 0 Å². The van der Waals surface area contributed by atoms with Crippen LogP contribution in [0, 0.1) is 6.92 Å². The molecule has 0 amide bonds. The predicted molar refractivity (Wildman–Crippen MR) is 103 cm³/mol. The van der Waals surface area contributed by atoms with Crippen LogP contribution in [0.3, 0.4) is 0 Å². The van der Waals surface area contributed by atoms with Gasteiger partial charge in [-0.05, 0) is 36.1 Å². The first-order chi connectivity index (χ1) is 12.6. The minimum absolute atomic E-state index is 0.0356. The number of methoxy groups -OCH3 is 2. The molecule has 2 rings (SSSR count). The Balaban J connectivity index is 2.50. The van der Waals surface area contributed by atoms with Gasteiger partial charge >= 0.3 is 11.9 Å². The second kappa shape index (κ2) is 8.10. The molecule has 0 atom stereocenters. The van der Waals surface area contributed by atoms with E-state index < -0.39 is 22.0 Å². The van der Waals surface area contributed by atoms with Gasteiger partial charge in [0.1, 0.15) is 4.88 Å². The topological polar surface area (TPSA) is 98.8 Å². The molecule has 0 aliphatic heterocycles. The molecule has 27 heavy (non-hydrogen) atoms. The number of benzene rings is 1. The average molecular weight is 412 g/mol. The van der Waals surface area contributed by atoms with Gasteiger partial charge in [-0.2, -0.15) is 0 Å². The molecule has 0 radical (unpaired) electrons. The fourth-order valence-corrected chi connectivity index (χ4v) is 5.24. The average Bonchev–Trinajstić information content (AvgIpc) is 2.98. The third-order valence-electron chi connectivity index (χ3n) is 3.95. The first-order valence-electron chi connectivity index (χ1n) is 8.05. The first kappa shape index (κ1) is 20.9. The highest BCUT2D eigenvalue weighted by Gasteiger charge is 2.32. The highest BCUT2D eigenvalue weighted by Crippen LogP contribution is 2.34. The summed E-state index contributed by atoms with van der Waals surface area (Å²) in [6, 6.07) is 6.94. The summed E-state index contributed by atoms with van der Waals surface area (Å²) in [4.78, 5) is 24.1. The second-order valence-corrected chi connectivity index (χ2v) is 8.98. The van der Waals surface area contributed by atoms with Crippen molar-refractivity contribution in [2.75, 3.05) is 18.9 Å². The van der Waals surface area contributed by atoms with E-state index in [1.165, 1.54) is 14.0 Å². The van der Waals surface area contributed by atoms with E-state index in [0.29, 0.717) is 22.9 Å². The second-order valence-electron chi connectivity index (χ2n) is 6.08. The van der Waals surface area contributed by atoms with Crippen LogP contribution < -0.4 is 4.72 Å². The first-order valence-corrected chi connectivity index (χ1v) is 10.3. The molecule has 0 fully saturated rings. The van der Waals surface area contributed by atoms with E-state index in [0.717, 1.165) is 12.7 Å². The van der Waals surface area contributed by atoms with Crippen molar-refractivity contribution in [3.63, 3.8) is 0 Å². The molecule has 0 aliphatic rings. The molecular formula is C18H21NO6S2. The van der Waals surface area contributed by atoms with Crippen molar-refractivity contribution in [3.8, 4) is 0 Å². The van der Waals surface area contributed by atoms with Gasteiger partial charge in [0, 0.05) is 5.69 Å². The van der Waals surface area contributed by atoms with Crippen molar-refractivity contribution < 1.29 is 27.5 Å². The van der Waals surface area contributed by atoms with Crippen molar-refractivity contribution in [2.24, 2.45) is 0 Å². The number of carbonyl (C=O) groups excluding carboxylic acids is 2. The summed E-state index contributed by atoms with van der Waals surface area (Å²) < 4.78 is 37.3. The van der Waals surface area contributed by atoms with E-state index in [2.05, 4.69) is 9.46 Å². The minimum Gasteiger partial charge on any atom is -0.465 e. The molecule has 1 N–H and O–H groups in total. The standard InChI is InChI=1S/C18H21NO6S2/c1-10(2)12-6-8-13(9-7-12)19-27(22,23)18-14(16(20)24-4)11(3)15(26-18)17(21)25-5/h6-10,19H,1-5H3. The van der Waals surface area contributed by atoms with Gasteiger partial charge in [-0.3, -0.25) is 4.72 Å². The Morgan fingerprint density at radius 3 is 2.07 bits per heavy atom. The summed E-state index contributed by atoms with van der Waals surface area (Å²) in [5.74, 6) is -1.25. The summed E-state index contributed by atoms with van der Waals surface area (Å²) in [6.45, 7) is 5.54. The normalized spacial score (nSPS) is 11.3. The zero-order valence-electron chi connectivity index (χ0n) is 15.7. The maximum absolute atomic E-state index is 12.9. The Morgan fingerprint density at radius 2 is 1.59 bits per heavy atom. The van der Waals surface area contributed by atoms with Gasteiger partial charge < -0.3 is 9.47 Å². The number of anilines is 1. The maximum atomic E-state index is 12.9. The van der Waals surface area contributed by atoms with E-state index in [-0.39, 0.29) is 20.2 Å². The molecule has 0 saturated carbocycles. The Bertz CT molecular complexity index is 958. The van der Waals surface area contributed by atoms with E-state index in [1.54, 1.807) is 12.1 Å². The van der Waals surface area contributed by atoms with Crippen LogP contribution in [0.4, 0.5) is 5.69 Å². The lowest BCUT2D eigenvalue weighted by Crippen LogP contribution is -2.16. The lowest BCUT2D eigenvalue weighted by molar-refractivity contribution is 0.0596. The van der Waals surface area contributed by atoms with Gasteiger partial charge in [0.25, 0.3) is 10.0 Å². The number of rotatable bonds is 6. The van der Waals surface area contributed by atoms with Crippen LogP contribution in [0.1, 0.15) is 50.9 Å². The van der Waals surface area contributed by atoms with Gasteiger partial charge in [0.2, 0.25) is 0 Å². The van der Waals surface area contributed by atoms with Crippen LogP contribution in [0.15, 0.2) is 28.5 Å². The number of hydrogen-bond donors (Lipinski definition) is 1. The molecule has 0 bridgehead atoms. The molecule has 0 spiro atoms. The quantitative estimate of drug-likeness (QED) is 0.730. The molecule has 1 heterocycles. The third kappa shape index (κ3) is 4.30. The Hall–Kier alpha value is -2.39. The summed E-state index contributed by atoms with van der Waals surface area (Å²) in [6.07, 6.45) is 0. The van der Waals surface area contributed by atoms with Gasteiger partial charge in [-0.25, -0.2) is 18.0 Å². The van der Waals surface area contributed by atoms with Crippen LogP contribution in [-0.2, 0) is 19.5 Å². The molecule has 0 aliphatic carbocycles. The molecule has 9 heteroatoms. The molecule has 7 nitrogen and oxygen atoms in total. The molecule has 2 aromatic rings. The molecule has 1 aromatic carbocycles. The summed E-state index contributed by atoms with van der Waals surface area (Å²) in [7, 11) is -1.79. The Morgan fingerprint density at radius 1 is 1.04 bits per heavy atom. The minimum atomic E-state index is -4.12. The van der Waals surface area contributed by atoms with Crippen LogP contribution >= 0.6 is 11.3 Å². The maximum Gasteiger partial charge on any atom is 0.348 e. The van der Waals surface area contributed by atoms with Crippen LogP contribution in [-0.4, -0.2) is 34.6 Å². The van der Waals surface area contributed by atoms with E-state index >= 15 is 0 Å². The third-order valence-corrected chi connectivity index (χ3v) is 7.12. The lowest BCUT2D eigenvalue weighted by Gasteiger charge is -2.10. The SMILES string of the molecule is COC(=O)c1sc(S(=O)(=O)Nc2ccc(C(C)C)cc2)c(C(=O)OC)c1C. The number of sulfonamides is 1. The molecule has 0 saturated heterocycles. The zero-order chi connectivity index (χ0) is 20.4. The molecule has 146 valence electrons. The number of esters is 2. The van der Waals surface area contributed by atoms with Gasteiger partial charge in [-0.15, -0.1) is 11.3 Å². The lowest BCUT2D eigenvalue weighted by atomic mass is 10.0. The molecule has 1 aromatic heterocycles. The summed E-state index contributed by atoms with van der Waals surface area (Å²) in [5.41, 5.74) is 1.44. The van der Waals surface area contributed by atoms with Crippen molar-refractivity contribution in [2.45, 2.75) is 30.9 Å². The fraction of sp³-hybridized carbons (Fsp3) is 0.333. The van der Waals surface area contributed by atoms with E-state index in [1.807, 2.05) is 26.0 Å². The monoisotopic (exact) mass is 411 g/mol. The Kier molecular flexibility index (Phi) is 6.27. The highest BCUT2D eigenvalue weighted by molar-refractivity contribution is 7.94. The largest absolute Gasteiger partial charge is 0.465 e. The number of nitrogens with one attached hydrogen (secondary N) is 1. The Labute approximate surface area is 162 Å². The summed E-state index contributed by atoms with van der Waals surface area (Å²) in [5, 5.41) is 0. The summed E-state index contributed by atoms with van der Waals surface area (Å²) >= 11 is 0.671. The van der Waals surface area contributed by atoms with Crippen molar-refractivity contribution in [1.82, 2.24) is 0 Å². The smallest absolute Gasteiger partial charge is 0.348 e.